The Bertz CT molecular complexity index is 419. The molecule has 110 valence electrons. The van der Waals surface area contributed by atoms with Gasteiger partial charge in [0.25, 0.3) is 0 Å². The minimum atomic E-state index is 0.145. The van der Waals surface area contributed by atoms with Crippen molar-refractivity contribution in [2.24, 2.45) is 5.73 Å². The van der Waals surface area contributed by atoms with Gasteiger partial charge in [0.05, 0.1) is 0 Å². The van der Waals surface area contributed by atoms with Gasteiger partial charge in [0, 0.05) is 25.4 Å². The van der Waals surface area contributed by atoms with Crippen LogP contribution >= 0.6 is 0 Å². The van der Waals surface area contributed by atoms with Crippen molar-refractivity contribution in [1.82, 2.24) is 4.90 Å². The van der Waals surface area contributed by atoms with E-state index in [2.05, 4.69) is 31.2 Å². The number of nitrogens with two attached hydrogens (primary N) is 1. The molecular formula is C17H26N2O. The van der Waals surface area contributed by atoms with Gasteiger partial charge in [0.1, 0.15) is 0 Å². The summed E-state index contributed by atoms with van der Waals surface area (Å²) in [7, 11) is 0. The van der Waals surface area contributed by atoms with Crippen LogP contribution in [0.1, 0.15) is 49.1 Å². The van der Waals surface area contributed by atoms with Crippen molar-refractivity contribution in [2.45, 2.75) is 44.9 Å². The Kier molecular flexibility index (Phi) is 5.60. The van der Waals surface area contributed by atoms with Crippen molar-refractivity contribution in [3.8, 4) is 0 Å². The first-order valence-electron chi connectivity index (χ1n) is 7.75. The molecule has 3 heteroatoms. The fourth-order valence-corrected chi connectivity index (χ4v) is 2.84. The largest absolute Gasteiger partial charge is 0.343 e. The summed E-state index contributed by atoms with van der Waals surface area (Å²) in [5.41, 5.74) is 8.30. The van der Waals surface area contributed by atoms with Crippen LogP contribution in [0.5, 0.6) is 0 Å². The number of rotatable bonds is 4. The second-order valence-electron chi connectivity index (χ2n) is 5.84. The molecule has 1 amide bonds. The second-order valence-corrected chi connectivity index (χ2v) is 5.84. The van der Waals surface area contributed by atoms with Gasteiger partial charge in [0.2, 0.25) is 5.91 Å². The summed E-state index contributed by atoms with van der Waals surface area (Å²) >= 11 is 0. The fraction of sp³-hybridized carbons (Fsp3) is 0.588. The molecule has 1 aliphatic heterocycles. The summed E-state index contributed by atoms with van der Waals surface area (Å²) in [5, 5.41) is 0. The zero-order valence-corrected chi connectivity index (χ0v) is 12.5. The van der Waals surface area contributed by atoms with Crippen LogP contribution in [0.25, 0.3) is 0 Å². The van der Waals surface area contributed by atoms with Gasteiger partial charge in [-0.3, -0.25) is 4.79 Å². The molecule has 1 saturated heterocycles. The number of hydrogen-bond donors (Lipinski definition) is 1. The lowest BCUT2D eigenvalue weighted by molar-refractivity contribution is -0.131. The van der Waals surface area contributed by atoms with Crippen molar-refractivity contribution in [1.29, 1.82) is 0 Å². The van der Waals surface area contributed by atoms with Crippen LogP contribution in [0.4, 0.5) is 0 Å². The lowest BCUT2D eigenvalue weighted by Gasteiger charge is -2.23. The minimum Gasteiger partial charge on any atom is -0.343 e. The summed E-state index contributed by atoms with van der Waals surface area (Å²) in [5.74, 6) is 0.411. The average molecular weight is 274 g/mol. The minimum absolute atomic E-state index is 0.145. The highest BCUT2D eigenvalue weighted by atomic mass is 16.2. The molecule has 1 unspecified atom stereocenters. The molecule has 1 aliphatic rings. The zero-order chi connectivity index (χ0) is 14.4. The number of hydrogen-bond acceptors (Lipinski definition) is 2. The highest BCUT2D eigenvalue weighted by Gasteiger charge is 2.20. The second kappa shape index (κ2) is 7.44. The third-order valence-corrected chi connectivity index (χ3v) is 4.21. The van der Waals surface area contributed by atoms with E-state index in [0.717, 1.165) is 25.9 Å². The summed E-state index contributed by atoms with van der Waals surface area (Å²) in [4.78, 5) is 14.5. The van der Waals surface area contributed by atoms with Crippen LogP contribution in [0.2, 0.25) is 0 Å². The van der Waals surface area contributed by atoms with E-state index in [1.807, 2.05) is 4.90 Å². The number of nitrogens with zero attached hydrogens (tertiary/aromatic N) is 1. The van der Waals surface area contributed by atoms with Gasteiger partial charge in [-0.1, -0.05) is 42.7 Å². The lowest BCUT2D eigenvalue weighted by Crippen LogP contribution is -2.33. The molecule has 1 aromatic carbocycles. The Morgan fingerprint density at radius 2 is 1.75 bits per heavy atom. The SMILES string of the molecule is Cc1ccc(C(CN)CC(=O)N2CCCCCC2)cc1. The van der Waals surface area contributed by atoms with E-state index in [1.165, 1.54) is 24.0 Å². The summed E-state index contributed by atoms with van der Waals surface area (Å²) in [6, 6.07) is 8.38. The molecule has 1 atom stereocenters. The first-order chi connectivity index (χ1) is 9.70. The number of carbonyl (C=O) groups excluding carboxylic acids is 1. The fourth-order valence-electron chi connectivity index (χ4n) is 2.84. The van der Waals surface area contributed by atoms with Crippen molar-refractivity contribution < 1.29 is 4.79 Å². The zero-order valence-electron chi connectivity index (χ0n) is 12.5. The smallest absolute Gasteiger partial charge is 0.223 e. The van der Waals surface area contributed by atoms with Crippen LogP contribution in [-0.2, 0) is 4.79 Å². The van der Waals surface area contributed by atoms with Gasteiger partial charge < -0.3 is 10.6 Å². The van der Waals surface area contributed by atoms with Gasteiger partial charge in [-0.2, -0.15) is 0 Å². The summed E-state index contributed by atoms with van der Waals surface area (Å²) < 4.78 is 0. The van der Waals surface area contributed by atoms with E-state index in [1.54, 1.807) is 0 Å². The molecule has 2 N–H and O–H groups in total. The topological polar surface area (TPSA) is 46.3 Å². The van der Waals surface area contributed by atoms with E-state index >= 15 is 0 Å². The maximum atomic E-state index is 12.4. The average Bonchev–Trinajstić information content (AvgIpc) is 2.75. The van der Waals surface area contributed by atoms with Crippen molar-refractivity contribution in [3.05, 3.63) is 35.4 Å². The Morgan fingerprint density at radius 3 is 2.30 bits per heavy atom. The number of amides is 1. The predicted octanol–water partition coefficient (Wildman–Crippen LogP) is 2.83. The molecule has 2 rings (SSSR count). The van der Waals surface area contributed by atoms with Crippen molar-refractivity contribution >= 4 is 5.91 Å². The normalized spacial score (nSPS) is 17.6. The van der Waals surface area contributed by atoms with E-state index in [4.69, 9.17) is 5.73 Å². The maximum Gasteiger partial charge on any atom is 0.223 e. The first-order valence-corrected chi connectivity index (χ1v) is 7.75. The molecule has 0 spiro atoms. The highest BCUT2D eigenvalue weighted by molar-refractivity contribution is 5.77. The predicted molar refractivity (Wildman–Crippen MR) is 82.6 cm³/mol. The Hall–Kier alpha value is -1.35. The van der Waals surface area contributed by atoms with E-state index in [9.17, 15) is 4.79 Å². The number of aryl methyl sites for hydroxylation is 1. The molecule has 1 fully saturated rings. The van der Waals surface area contributed by atoms with Gasteiger partial charge in [0.15, 0.2) is 0 Å². The number of carbonyl (C=O) groups is 1. The van der Waals surface area contributed by atoms with E-state index in [0.29, 0.717) is 13.0 Å². The van der Waals surface area contributed by atoms with Gasteiger partial charge in [-0.15, -0.1) is 0 Å². The Balaban J connectivity index is 1.98. The summed E-state index contributed by atoms with van der Waals surface area (Å²) in [6.45, 7) is 4.44. The van der Waals surface area contributed by atoms with Crippen LogP contribution in [0.15, 0.2) is 24.3 Å². The van der Waals surface area contributed by atoms with Crippen LogP contribution in [0, 0.1) is 6.92 Å². The molecule has 0 saturated carbocycles. The molecule has 0 aromatic heterocycles. The van der Waals surface area contributed by atoms with Crippen LogP contribution < -0.4 is 5.73 Å². The third-order valence-electron chi connectivity index (χ3n) is 4.21. The molecule has 3 nitrogen and oxygen atoms in total. The van der Waals surface area contributed by atoms with Crippen LogP contribution in [0.3, 0.4) is 0 Å². The monoisotopic (exact) mass is 274 g/mol. The third kappa shape index (κ3) is 4.07. The molecule has 0 bridgehead atoms. The van der Waals surface area contributed by atoms with E-state index < -0.39 is 0 Å². The molecule has 1 aromatic rings. The molecular weight excluding hydrogens is 248 g/mol. The molecule has 0 aliphatic carbocycles. The van der Waals surface area contributed by atoms with Crippen molar-refractivity contribution in [2.75, 3.05) is 19.6 Å². The van der Waals surface area contributed by atoms with Gasteiger partial charge in [-0.05, 0) is 31.9 Å². The Labute approximate surface area is 122 Å². The standard InChI is InChI=1S/C17H26N2O/c1-14-6-8-15(9-7-14)16(13-18)12-17(20)19-10-4-2-3-5-11-19/h6-9,16H,2-5,10-13,18H2,1H3. The lowest BCUT2D eigenvalue weighted by atomic mass is 9.94. The van der Waals surface area contributed by atoms with E-state index in [-0.39, 0.29) is 11.8 Å². The first kappa shape index (κ1) is 15.0. The van der Waals surface area contributed by atoms with Crippen LogP contribution in [-0.4, -0.2) is 30.4 Å². The maximum absolute atomic E-state index is 12.4. The Morgan fingerprint density at radius 1 is 1.15 bits per heavy atom. The van der Waals surface area contributed by atoms with Gasteiger partial charge in [-0.25, -0.2) is 0 Å². The van der Waals surface area contributed by atoms with Crippen molar-refractivity contribution in [3.63, 3.8) is 0 Å². The molecule has 20 heavy (non-hydrogen) atoms. The molecule has 0 radical (unpaired) electrons. The number of benzene rings is 1. The number of likely N-dealkylation sites (tertiary alicyclic amines) is 1. The van der Waals surface area contributed by atoms with Gasteiger partial charge >= 0.3 is 0 Å². The summed E-state index contributed by atoms with van der Waals surface area (Å²) in [6.07, 6.45) is 5.33. The quantitative estimate of drug-likeness (QED) is 0.917. The highest BCUT2D eigenvalue weighted by Crippen LogP contribution is 2.21. The molecule has 1 heterocycles.